The molecule has 0 rings (SSSR count). The first kappa shape index (κ1) is 33.9. The Bertz CT molecular complexity index is 480. The molecule has 0 aliphatic heterocycles. The highest BCUT2D eigenvalue weighted by molar-refractivity contribution is 6.84. The zero-order valence-corrected chi connectivity index (χ0v) is 27.2. The normalized spacial score (nSPS) is 13.2. The second kappa shape index (κ2) is 16.6. The van der Waals surface area contributed by atoms with Crippen LogP contribution in [0.3, 0.4) is 0 Å². The highest BCUT2D eigenvalue weighted by Crippen LogP contribution is 2.38. The van der Waals surface area contributed by atoms with E-state index in [1.54, 1.807) is 0 Å². The smallest absolute Gasteiger partial charge is 0.435 e. The largest absolute Gasteiger partial charge is 0.453 e. The van der Waals surface area contributed by atoms with Gasteiger partial charge in [-0.3, -0.25) is 0 Å². The van der Waals surface area contributed by atoms with Crippen molar-refractivity contribution in [1.82, 2.24) is 0 Å². The maximum absolute atomic E-state index is 9.24. The van der Waals surface area contributed by atoms with E-state index in [0.717, 1.165) is 12.7 Å². The molecular formula is C28H60BNO2Si2. The van der Waals surface area contributed by atoms with Gasteiger partial charge in [0.25, 0.3) is 0 Å². The van der Waals surface area contributed by atoms with Crippen LogP contribution in [0.5, 0.6) is 0 Å². The van der Waals surface area contributed by atoms with Gasteiger partial charge in [-0.15, -0.1) is 0 Å². The summed E-state index contributed by atoms with van der Waals surface area (Å²) in [7, 11) is -4.17. The number of nitriles is 1. The van der Waals surface area contributed by atoms with Crippen molar-refractivity contribution in [2.45, 2.75) is 139 Å². The molecule has 3 nitrogen and oxygen atoms in total. The Balaban J connectivity index is 6.33. The van der Waals surface area contributed by atoms with Gasteiger partial charge in [0.1, 0.15) is 0 Å². The lowest BCUT2D eigenvalue weighted by atomic mass is 9.84. The van der Waals surface area contributed by atoms with E-state index < -0.39 is 16.6 Å². The number of rotatable bonds is 19. The molecule has 0 heterocycles. The Morgan fingerprint density at radius 2 is 0.824 bits per heavy atom. The Morgan fingerprint density at radius 1 is 0.559 bits per heavy atom. The van der Waals surface area contributed by atoms with Gasteiger partial charge in [0.05, 0.1) is 6.07 Å². The fourth-order valence-corrected chi connectivity index (χ4v) is 18.3. The third-order valence-corrected chi connectivity index (χ3v) is 17.1. The van der Waals surface area contributed by atoms with Crippen molar-refractivity contribution in [2.75, 3.05) is 0 Å². The Morgan fingerprint density at radius 3 is 1.03 bits per heavy atom. The predicted molar refractivity (Wildman–Crippen MR) is 157 cm³/mol. The molecule has 0 saturated carbocycles. The van der Waals surface area contributed by atoms with E-state index in [1.807, 2.05) is 0 Å². The molecule has 0 atom stereocenters. The first-order chi connectivity index (χ1) is 15.6. The van der Waals surface area contributed by atoms with E-state index in [2.05, 4.69) is 89.2 Å². The second-order valence-corrected chi connectivity index (χ2v) is 21.3. The fourth-order valence-electron chi connectivity index (χ4n) is 6.30. The van der Waals surface area contributed by atoms with E-state index in [-0.39, 0.29) is 7.12 Å². The van der Waals surface area contributed by atoms with Crippen LogP contribution < -0.4 is 0 Å². The predicted octanol–water partition coefficient (Wildman–Crippen LogP) is 9.64. The molecule has 6 heteroatoms. The van der Waals surface area contributed by atoms with Gasteiger partial charge in [-0.25, -0.2) is 0 Å². The van der Waals surface area contributed by atoms with Gasteiger partial charge >= 0.3 is 7.12 Å². The van der Waals surface area contributed by atoms with E-state index in [0.29, 0.717) is 41.9 Å². The molecule has 0 aliphatic rings. The van der Waals surface area contributed by atoms with Gasteiger partial charge in [-0.05, 0) is 84.5 Å². The Kier molecular flexibility index (Phi) is 16.6. The molecule has 0 spiro atoms. The van der Waals surface area contributed by atoms with Gasteiger partial charge < -0.3 is 8.69 Å². The minimum absolute atomic E-state index is 0.140. The Hall–Kier alpha value is -0.0913. The number of unbranched alkanes of at least 4 members (excludes halogenated alkanes) is 1. The summed E-state index contributed by atoms with van der Waals surface area (Å²) in [6.07, 6.45) is 2.31. The van der Waals surface area contributed by atoms with Crippen molar-refractivity contribution >= 4 is 23.8 Å². The molecule has 0 bridgehead atoms. The summed E-state index contributed by atoms with van der Waals surface area (Å²) >= 11 is 0. The molecule has 200 valence electrons. The molecule has 0 radical (unpaired) electrons. The standard InChI is InChI=1S/C28H60BNO2Si2/c1-23(2)17-33(18-24(3)4,19-25(5)6)31-29(15-13-14-16-30)32-34(20-26(7)8,21-27(9)10)22-28(11)12/h23-28H,13-15,17-22H2,1-12H3. The summed E-state index contributed by atoms with van der Waals surface area (Å²) in [5.41, 5.74) is 0. The van der Waals surface area contributed by atoms with Crippen LogP contribution in [-0.2, 0) is 8.69 Å². The molecule has 0 aromatic heterocycles. The van der Waals surface area contributed by atoms with Crippen LogP contribution in [0, 0.1) is 46.8 Å². The number of nitrogens with zero attached hydrogens (tertiary/aromatic N) is 1. The lowest BCUT2D eigenvalue weighted by molar-refractivity contribution is 0.368. The maximum Gasteiger partial charge on any atom is 0.435 e. The van der Waals surface area contributed by atoms with Crippen LogP contribution in [0.15, 0.2) is 0 Å². The second-order valence-electron chi connectivity index (χ2n) is 13.7. The summed E-state index contributed by atoms with van der Waals surface area (Å²) in [5, 5.41) is 9.24. The van der Waals surface area contributed by atoms with E-state index in [1.165, 1.54) is 36.3 Å². The highest BCUT2D eigenvalue weighted by atomic mass is 28.4. The molecule has 0 aromatic carbocycles. The van der Waals surface area contributed by atoms with Gasteiger partial charge in [0.2, 0.25) is 0 Å². The SMILES string of the molecule is CC(C)C[Si](CC(C)C)(CC(C)C)OB(CCCC#N)O[Si](CC(C)C)(CC(C)C)CC(C)C. The summed E-state index contributed by atoms with van der Waals surface area (Å²) in [5.74, 6) is 3.79. The van der Waals surface area contributed by atoms with Gasteiger partial charge in [-0.1, -0.05) is 83.1 Å². The van der Waals surface area contributed by atoms with Gasteiger partial charge in [0, 0.05) is 6.42 Å². The van der Waals surface area contributed by atoms with Crippen molar-refractivity contribution in [2.24, 2.45) is 35.5 Å². The summed E-state index contributed by atoms with van der Waals surface area (Å²) in [4.78, 5) is 0. The van der Waals surface area contributed by atoms with Crippen molar-refractivity contribution in [3.05, 3.63) is 0 Å². The first-order valence-corrected chi connectivity index (χ1v) is 19.4. The summed E-state index contributed by atoms with van der Waals surface area (Å²) < 4.78 is 14.7. The molecule has 0 aliphatic carbocycles. The van der Waals surface area contributed by atoms with Crippen LogP contribution in [-0.4, -0.2) is 23.8 Å². The molecule has 0 amide bonds. The van der Waals surface area contributed by atoms with Crippen LogP contribution in [0.2, 0.25) is 42.6 Å². The lowest BCUT2D eigenvalue weighted by Crippen LogP contribution is -2.53. The van der Waals surface area contributed by atoms with Crippen LogP contribution >= 0.6 is 0 Å². The van der Waals surface area contributed by atoms with Crippen molar-refractivity contribution in [3.63, 3.8) is 0 Å². The first-order valence-electron chi connectivity index (χ1n) is 14.4. The Labute approximate surface area is 217 Å². The molecule has 34 heavy (non-hydrogen) atoms. The van der Waals surface area contributed by atoms with E-state index in [4.69, 9.17) is 8.69 Å². The summed E-state index contributed by atoms with van der Waals surface area (Å²) in [6.45, 7) is 28.2. The molecule has 0 unspecified atom stereocenters. The molecule has 0 fully saturated rings. The molecule has 0 N–H and O–H groups in total. The number of hydrogen-bond acceptors (Lipinski definition) is 3. The highest BCUT2D eigenvalue weighted by Gasteiger charge is 2.45. The third-order valence-electron chi connectivity index (χ3n) is 6.17. The van der Waals surface area contributed by atoms with Crippen LogP contribution in [0.4, 0.5) is 0 Å². The van der Waals surface area contributed by atoms with Gasteiger partial charge in [-0.2, -0.15) is 5.26 Å². The van der Waals surface area contributed by atoms with Crippen LogP contribution in [0.25, 0.3) is 0 Å². The lowest BCUT2D eigenvalue weighted by Gasteiger charge is -2.43. The summed E-state index contributed by atoms with van der Waals surface area (Å²) in [6, 6.07) is 9.57. The van der Waals surface area contributed by atoms with Crippen molar-refractivity contribution in [1.29, 1.82) is 5.26 Å². The van der Waals surface area contributed by atoms with Crippen molar-refractivity contribution in [3.8, 4) is 6.07 Å². The molecular weight excluding hydrogens is 449 g/mol. The average molecular weight is 510 g/mol. The van der Waals surface area contributed by atoms with E-state index >= 15 is 0 Å². The van der Waals surface area contributed by atoms with Crippen molar-refractivity contribution < 1.29 is 8.69 Å². The minimum atomic E-state index is -2.01. The average Bonchev–Trinajstić information content (AvgIpc) is 2.57. The maximum atomic E-state index is 9.24. The van der Waals surface area contributed by atoms with Crippen LogP contribution in [0.1, 0.15) is 95.9 Å². The van der Waals surface area contributed by atoms with Gasteiger partial charge in [0.15, 0.2) is 16.6 Å². The third kappa shape index (κ3) is 15.1. The quantitative estimate of drug-likeness (QED) is 0.129. The monoisotopic (exact) mass is 509 g/mol. The zero-order chi connectivity index (χ0) is 26.5. The molecule has 0 aromatic rings. The van der Waals surface area contributed by atoms with E-state index in [9.17, 15) is 5.26 Å². The topological polar surface area (TPSA) is 42.2 Å². The zero-order valence-electron chi connectivity index (χ0n) is 25.2. The minimum Gasteiger partial charge on any atom is -0.453 e. The molecule has 0 saturated heterocycles. The number of hydrogen-bond donors (Lipinski definition) is 0. The fraction of sp³-hybridized carbons (Fsp3) is 0.964.